The van der Waals surface area contributed by atoms with Gasteiger partial charge in [-0.3, -0.25) is 4.79 Å². The molecule has 5 heteroatoms. The molecule has 2 aromatic carbocycles. The van der Waals surface area contributed by atoms with Crippen molar-refractivity contribution in [1.82, 2.24) is 5.32 Å². The third-order valence-corrected chi connectivity index (χ3v) is 4.42. The zero-order valence-corrected chi connectivity index (χ0v) is 14.4. The SMILES string of the molecule is CCNC(=O)Cc1ccc(-c2cc(Cl)c3c(c2)CC(CN)O3)cc1. The fourth-order valence-corrected chi connectivity index (χ4v) is 3.23. The molecule has 1 amide bonds. The largest absolute Gasteiger partial charge is 0.487 e. The Bertz CT molecular complexity index is 744. The molecule has 3 N–H and O–H groups in total. The zero-order chi connectivity index (χ0) is 17.1. The molecule has 1 aliphatic rings. The molecule has 0 bridgehead atoms. The number of rotatable bonds is 5. The molecule has 0 saturated carbocycles. The predicted octanol–water partition coefficient (Wildman–Crippen LogP) is 2.95. The summed E-state index contributed by atoms with van der Waals surface area (Å²) in [6.07, 6.45) is 1.19. The van der Waals surface area contributed by atoms with Crippen molar-refractivity contribution < 1.29 is 9.53 Å². The van der Waals surface area contributed by atoms with Crippen LogP contribution in [-0.2, 0) is 17.6 Å². The first kappa shape index (κ1) is 16.8. The van der Waals surface area contributed by atoms with Crippen LogP contribution in [0.15, 0.2) is 36.4 Å². The number of benzene rings is 2. The summed E-state index contributed by atoms with van der Waals surface area (Å²) < 4.78 is 5.76. The highest BCUT2D eigenvalue weighted by atomic mass is 35.5. The normalized spacial score (nSPS) is 15.7. The van der Waals surface area contributed by atoms with Crippen LogP contribution in [0.1, 0.15) is 18.1 Å². The van der Waals surface area contributed by atoms with Gasteiger partial charge in [-0.2, -0.15) is 0 Å². The van der Waals surface area contributed by atoms with Gasteiger partial charge in [0.25, 0.3) is 0 Å². The first-order valence-electron chi connectivity index (χ1n) is 8.16. The zero-order valence-electron chi connectivity index (χ0n) is 13.6. The third kappa shape index (κ3) is 3.55. The first-order valence-corrected chi connectivity index (χ1v) is 8.53. The van der Waals surface area contributed by atoms with E-state index in [-0.39, 0.29) is 12.0 Å². The second-order valence-electron chi connectivity index (χ2n) is 5.95. The van der Waals surface area contributed by atoms with E-state index in [0.29, 0.717) is 24.5 Å². The molecular formula is C19H21ClN2O2. The van der Waals surface area contributed by atoms with Gasteiger partial charge in [-0.05, 0) is 35.7 Å². The number of carbonyl (C=O) groups is 1. The number of nitrogens with one attached hydrogen (secondary N) is 1. The number of nitrogens with two attached hydrogens (primary N) is 1. The van der Waals surface area contributed by atoms with Gasteiger partial charge in [0, 0.05) is 25.1 Å². The van der Waals surface area contributed by atoms with Crippen LogP contribution in [0.3, 0.4) is 0 Å². The third-order valence-electron chi connectivity index (χ3n) is 4.14. The average molecular weight is 345 g/mol. The summed E-state index contributed by atoms with van der Waals surface area (Å²) in [4.78, 5) is 11.6. The van der Waals surface area contributed by atoms with E-state index >= 15 is 0 Å². The number of amides is 1. The molecule has 0 spiro atoms. The molecule has 1 unspecified atom stereocenters. The van der Waals surface area contributed by atoms with Crippen LogP contribution in [0, 0.1) is 0 Å². The van der Waals surface area contributed by atoms with Crippen molar-refractivity contribution in [2.45, 2.75) is 25.9 Å². The van der Waals surface area contributed by atoms with Gasteiger partial charge >= 0.3 is 0 Å². The number of fused-ring (bicyclic) bond motifs is 1. The van der Waals surface area contributed by atoms with Gasteiger partial charge in [-0.25, -0.2) is 0 Å². The summed E-state index contributed by atoms with van der Waals surface area (Å²) in [7, 11) is 0. The number of likely N-dealkylation sites (N-methyl/N-ethyl adjacent to an activating group) is 1. The maximum atomic E-state index is 11.6. The number of hydrogen-bond acceptors (Lipinski definition) is 3. The van der Waals surface area contributed by atoms with E-state index in [4.69, 9.17) is 22.1 Å². The van der Waals surface area contributed by atoms with Crippen LogP contribution >= 0.6 is 11.6 Å². The van der Waals surface area contributed by atoms with Crippen LogP contribution in [-0.4, -0.2) is 25.1 Å². The second kappa shape index (κ2) is 7.24. The van der Waals surface area contributed by atoms with Gasteiger partial charge in [0.1, 0.15) is 11.9 Å². The summed E-state index contributed by atoms with van der Waals surface area (Å²) in [5, 5.41) is 3.42. The van der Waals surface area contributed by atoms with E-state index in [9.17, 15) is 4.79 Å². The average Bonchev–Trinajstić information content (AvgIpc) is 2.99. The lowest BCUT2D eigenvalue weighted by Gasteiger charge is -2.09. The van der Waals surface area contributed by atoms with Crippen LogP contribution in [0.5, 0.6) is 5.75 Å². The summed E-state index contributed by atoms with van der Waals surface area (Å²) in [6.45, 7) is 3.04. The highest BCUT2D eigenvalue weighted by molar-refractivity contribution is 6.32. The molecule has 0 aliphatic carbocycles. The van der Waals surface area contributed by atoms with E-state index in [0.717, 1.165) is 34.4 Å². The minimum atomic E-state index is 0.00667. The molecule has 1 aliphatic heterocycles. The molecule has 2 aromatic rings. The molecule has 0 fully saturated rings. The van der Waals surface area contributed by atoms with Crippen molar-refractivity contribution in [3.8, 4) is 16.9 Å². The van der Waals surface area contributed by atoms with Gasteiger partial charge in [0.15, 0.2) is 0 Å². The molecule has 0 saturated heterocycles. The summed E-state index contributed by atoms with van der Waals surface area (Å²) in [5.41, 5.74) is 9.89. The number of ether oxygens (including phenoxy) is 1. The molecular weight excluding hydrogens is 324 g/mol. The lowest BCUT2D eigenvalue weighted by atomic mass is 9.99. The lowest BCUT2D eigenvalue weighted by Crippen LogP contribution is -2.24. The maximum absolute atomic E-state index is 11.6. The molecule has 1 atom stereocenters. The molecule has 0 radical (unpaired) electrons. The molecule has 4 nitrogen and oxygen atoms in total. The van der Waals surface area contributed by atoms with Crippen molar-refractivity contribution in [3.63, 3.8) is 0 Å². The van der Waals surface area contributed by atoms with Gasteiger partial charge in [-0.15, -0.1) is 0 Å². The Labute approximate surface area is 147 Å². The van der Waals surface area contributed by atoms with Crippen molar-refractivity contribution >= 4 is 17.5 Å². The van der Waals surface area contributed by atoms with E-state index in [1.54, 1.807) is 0 Å². The van der Waals surface area contributed by atoms with Gasteiger partial charge in [0.2, 0.25) is 5.91 Å². The Hall–Kier alpha value is -2.04. The standard InChI is InChI=1S/C19H21ClN2O2/c1-2-22-18(23)7-12-3-5-13(6-4-12)14-8-15-9-16(11-21)24-19(15)17(20)10-14/h3-6,8,10,16H,2,7,9,11,21H2,1H3,(H,22,23). The molecule has 0 aromatic heterocycles. The van der Waals surface area contributed by atoms with Crippen molar-refractivity contribution in [1.29, 1.82) is 0 Å². The van der Waals surface area contributed by atoms with Gasteiger partial charge < -0.3 is 15.8 Å². The summed E-state index contributed by atoms with van der Waals surface area (Å²) >= 11 is 6.36. The molecule has 1 heterocycles. The topological polar surface area (TPSA) is 64.4 Å². The fourth-order valence-electron chi connectivity index (χ4n) is 2.95. The minimum Gasteiger partial charge on any atom is -0.487 e. The van der Waals surface area contributed by atoms with Crippen molar-refractivity contribution in [2.75, 3.05) is 13.1 Å². The van der Waals surface area contributed by atoms with E-state index in [1.165, 1.54) is 0 Å². The smallest absolute Gasteiger partial charge is 0.224 e. The Kier molecular flexibility index (Phi) is 5.07. The second-order valence-corrected chi connectivity index (χ2v) is 6.36. The van der Waals surface area contributed by atoms with Crippen molar-refractivity contribution in [3.05, 3.63) is 52.5 Å². The molecule has 24 heavy (non-hydrogen) atoms. The van der Waals surface area contributed by atoms with Crippen LogP contribution in [0.25, 0.3) is 11.1 Å². The Balaban J connectivity index is 1.80. The summed E-state index contributed by atoms with van der Waals surface area (Å²) in [6, 6.07) is 12.0. The predicted molar refractivity (Wildman–Crippen MR) is 96.5 cm³/mol. The van der Waals surface area contributed by atoms with Crippen LogP contribution in [0.2, 0.25) is 5.02 Å². The van der Waals surface area contributed by atoms with Gasteiger partial charge in [-0.1, -0.05) is 35.9 Å². The van der Waals surface area contributed by atoms with Crippen LogP contribution < -0.4 is 15.8 Å². The maximum Gasteiger partial charge on any atom is 0.224 e. The quantitative estimate of drug-likeness (QED) is 0.876. The monoisotopic (exact) mass is 344 g/mol. The van der Waals surface area contributed by atoms with E-state index in [2.05, 4.69) is 11.4 Å². The Morgan fingerprint density at radius 3 is 2.71 bits per heavy atom. The van der Waals surface area contributed by atoms with E-state index in [1.807, 2.05) is 37.3 Å². The van der Waals surface area contributed by atoms with E-state index < -0.39 is 0 Å². The molecule has 3 rings (SSSR count). The minimum absolute atomic E-state index is 0.00667. The fraction of sp³-hybridized carbons (Fsp3) is 0.316. The van der Waals surface area contributed by atoms with Crippen LogP contribution in [0.4, 0.5) is 0 Å². The Morgan fingerprint density at radius 1 is 1.29 bits per heavy atom. The number of hydrogen-bond donors (Lipinski definition) is 2. The summed E-state index contributed by atoms with van der Waals surface area (Å²) in [5.74, 6) is 0.791. The highest BCUT2D eigenvalue weighted by Crippen LogP contribution is 2.39. The first-order chi connectivity index (χ1) is 11.6. The highest BCUT2D eigenvalue weighted by Gasteiger charge is 2.24. The Morgan fingerprint density at radius 2 is 2.04 bits per heavy atom. The van der Waals surface area contributed by atoms with Crippen molar-refractivity contribution in [2.24, 2.45) is 5.73 Å². The van der Waals surface area contributed by atoms with Gasteiger partial charge in [0.05, 0.1) is 11.4 Å². The lowest BCUT2D eigenvalue weighted by molar-refractivity contribution is -0.120. The number of carbonyl (C=O) groups excluding carboxylic acids is 1. The molecule has 126 valence electrons. The number of halogens is 1.